The normalized spacial score (nSPS) is 24.9. The van der Waals surface area contributed by atoms with Crippen LogP contribution in [0.3, 0.4) is 0 Å². The first-order chi connectivity index (χ1) is 14.7. The van der Waals surface area contributed by atoms with E-state index in [1.54, 1.807) is 34.8 Å². The Morgan fingerprint density at radius 2 is 2.00 bits per heavy atom. The molecule has 0 spiro atoms. The second-order valence-electron chi connectivity index (χ2n) is 8.21. The molecule has 5 rings (SSSR count). The number of ether oxygens (including phenoxy) is 1. The summed E-state index contributed by atoms with van der Waals surface area (Å²) in [5.74, 6) is 0.743. The summed E-state index contributed by atoms with van der Waals surface area (Å²) < 4.78 is 7.59. The van der Waals surface area contributed by atoms with Crippen molar-refractivity contribution in [3.8, 4) is 6.01 Å². The zero-order chi connectivity index (χ0) is 20.5. The van der Waals surface area contributed by atoms with Crippen molar-refractivity contribution in [3.63, 3.8) is 0 Å². The number of amides is 1. The van der Waals surface area contributed by atoms with E-state index < -0.39 is 0 Å². The Balaban J connectivity index is 1.15. The summed E-state index contributed by atoms with van der Waals surface area (Å²) in [4.78, 5) is 38.5. The number of rotatable bonds is 5. The van der Waals surface area contributed by atoms with E-state index in [0.717, 1.165) is 67.1 Å². The molecule has 30 heavy (non-hydrogen) atoms. The summed E-state index contributed by atoms with van der Waals surface area (Å²) in [7, 11) is 0. The van der Waals surface area contributed by atoms with E-state index in [4.69, 9.17) is 4.74 Å². The molecule has 1 fully saturated rings. The number of carbonyl (C=O) groups excluding carboxylic acids is 1. The standard InChI is InChI=1S/C21H25N5O3S/c27-18(24-13-5-7-15(8-6-13)29-20-22-9-2-10-23-20)11-14-12-30-21-25-17-4-1-3-16(17)19(28)26(14)21/h2,9-10,13-15H,1,3-8,11-12H2,(H,24,27). The number of thioether (sulfide) groups is 1. The second kappa shape index (κ2) is 8.37. The van der Waals surface area contributed by atoms with Crippen LogP contribution < -0.4 is 15.6 Å². The Morgan fingerprint density at radius 3 is 2.80 bits per heavy atom. The van der Waals surface area contributed by atoms with Crippen LogP contribution in [0.5, 0.6) is 6.01 Å². The molecule has 1 aliphatic heterocycles. The number of carbonyl (C=O) groups is 1. The summed E-state index contributed by atoms with van der Waals surface area (Å²) in [6.07, 6.45) is 9.92. The molecule has 0 bridgehead atoms. The maximum absolute atomic E-state index is 12.9. The molecule has 8 nitrogen and oxygen atoms in total. The van der Waals surface area contributed by atoms with Gasteiger partial charge in [-0.25, -0.2) is 15.0 Å². The fourth-order valence-corrected chi connectivity index (χ4v) is 5.78. The Hall–Kier alpha value is -2.42. The van der Waals surface area contributed by atoms with Gasteiger partial charge in [0.05, 0.1) is 11.7 Å². The van der Waals surface area contributed by atoms with Crippen LogP contribution in [-0.4, -0.2) is 43.3 Å². The van der Waals surface area contributed by atoms with E-state index in [1.807, 2.05) is 0 Å². The highest BCUT2D eigenvalue weighted by Gasteiger charge is 2.32. The lowest BCUT2D eigenvalue weighted by Crippen LogP contribution is -2.41. The van der Waals surface area contributed by atoms with Gasteiger partial charge in [-0.1, -0.05) is 11.8 Å². The zero-order valence-corrected chi connectivity index (χ0v) is 17.6. The molecule has 1 saturated carbocycles. The molecular formula is C21H25N5O3S. The molecule has 158 valence electrons. The predicted octanol–water partition coefficient (Wildman–Crippen LogP) is 2.07. The van der Waals surface area contributed by atoms with Crippen molar-refractivity contribution in [2.75, 3.05) is 5.75 Å². The minimum atomic E-state index is -0.106. The van der Waals surface area contributed by atoms with Crippen molar-refractivity contribution < 1.29 is 9.53 Å². The number of hydrogen-bond acceptors (Lipinski definition) is 7. The molecule has 9 heteroatoms. The van der Waals surface area contributed by atoms with Gasteiger partial charge in [0.25, 0.3) is 5.56 Å². The van der Waals surface area contributed by atoms with E-state index in [1.165, 1.54) is 0 Å². The summed E-state index contributed by atoms with van der Waals surface area (Å²) >= 11 is 1.59. The minimum Gasteiger partial charge on any atom is -0.460 e. The van der Waals surface area contributed by atoms with Crippen molar-refractivity contribution in [3.05, 3.63) is 40.1 Å². The summed E-state index contributed by atoms with van der Waals surface area (Å²) in [5.41, 5.74) is 1.88. The molecule has 1 unspecified atom stereocenters. The maximum atomic E-state index is 12.9. The van der Waals surface area contributed by atoms with Gasteiger partial charge < -0.3 is 10.1 Å². The average molecular weight is 428 g/mol. The Morgan fingerprint density at radius 1 is 1.20 bits per heavy atom. The third-order valence-electron chi connectivity index (χ3n) is 6.15. The van der Waals surface area contributed by atoms with Crippen molar-refractivity contribution in [1.82, 2.24) is 24.8 Å². The number of hydrogen-bond donors (Lipinski definition) is 1. The predicted molar refractivity (Wildman–Crippen MR) is 112 cm³/mol. The summed E-state index contributed by atoms with van der Waals surface area (Å²) in [5, 5.41) is 3.94. The van der Waals surface area contributed by atoms with Crippen LogP contribution in [0.25, 0.3) is 0 Å². The third-order valence-corrected chi connectivity index (χ3v) is 7.24. The van der Waals surface area contributed by atoms with Crippen molar-refractivity contribution >= 4 is 17.7 Å². The molecule has 0 aromatic carbocycles. The SMILES string of the molecule is O=C(CC1CSc2nc3c(c(=O)n21)CCC3)NC1CCC(Oc2ncccn2)CC1. The van der Waals surface area contributed by atoms with Crippen LogP contribution in [0.15, 0.2) is 28.4 Å². The lowest BCUT2D eigenvalue weighted by atomic mass is 9.93. The second-order valence-corrected chi connectivity index (χ2v) is 9.19. The highest BCUT2D eigenvalue weighted by molar-refractivity contribution is 7.99. The van der Waals surface area contributed by atoms with Crippen LogP contribution in [0.2, 0.25) is 0 Å². The van der Waals surface area contributed by atoms with Crippen molar-refractivity contribution in [1.29, 1.82) is 0 Å². The van der Waals surface area contributed by atoms with Crippen LogP contribution in [-0.2, 0) is 17.6 Å². The Bertz CT molecular complexity index is 988. The van der Waals surface area contributed by atoms with Gasteiger partial charge in [0.2, 0.25) is 5.91 Å². The molecule has 2 aromatic heterocycles. The van der Waals surface area contributed by atoms with Gasteiger partial charge in [0, 0.05) is 36.2 Å². The highest BCUT2D eigenvalue weighted by Crippen LogP contribution is 2.34. The molecular weight excluding hydrogens is 402 g/mol. The number of aromatic nitrogens is 4. The molecule has 2 aromatic rings. The lowest BCUT2D eigenvalue weighted by molar-refractivity contribution is -0.122. The van der Waals surface area contributed by atoms with E-state index in [9.17, 15) is 9.59 Å². The summed E-state index contributed by atoms with van der Waals surface area (Å²) in [6, 6.07) is 2.22. The number of fused-ring (bicyclic) bond motifs is 2. The molecule has 0 radical (unpaired) electrons. The largest absolute Gasteiger partial charge is 0.460 e. The van der Waals surface area contributed by atoms with Gasteiger partial charge in [-0.3, -0.25) is 14.2 Å². The number of aryl methyl sites for hydroxylation is 1. The quantitative estimate of drug-likeness (QED) is 0.729. The molecule has 3 heterocycles. The molecule has 1 atom stereocenters. The smallest absolute Gasteiger partial charge is 0.316 e. The first-order valence-electron chi connectivity index (χ1n) is 10.7. The first-order valence-corrected chi connectivity index (χ1v) is 11.7. The molecule has 1 N–H and O–H groups in total. The first kappa shape index (κ1) is 19.5. The fraction of sp³-hybridized carbons (Fsp3) is 0.571. The molecule has 1 amide bonds. The maximum Gasteiger partial charge on any atom is 0.316 e. The lowest BCUT2D eigenvalue weighted by Gasteiger charge is -2.29. The highest BCUT2D eigenvalue weighted by atomic mass is 32.2. The van der Waals surface area contributed by atoms with Crippen LogP contribution in [0.4, 0.5) is 0 Å². The number of nitrogens with one attached hydrogen (secondary N) is 1. The van der Waals surface area contributed by atoms with E-state index in [2.05, 4.69) is 20.3 Å². The van der Waals surface area contributed by atoms with Gasteiger partial charge in [-0.2, -0.15) is 0 Å². The fourth-order valence-electron chi connectivity index (χ4n) is 4.62. The van der Waals surface area contributed by atoms with Gasteiger partial charge in [0.1, 0.15) is 6.10 Å². The van der Waals surface area contributed by atoms with Crippen LogP contribution in [0.1, 0.15) is 55.8 Å². The third kappa shape index (κ3) is 3.95. The van der Waals surface area contributed by atoms with Gasteiger partial charge in [-0.05, 0) is 51.0 Å². The molecule has 2 aliphatic carbocycles. The van der Waals surface area contributed by atoms with Gasteiger partial charge in [-0.15, -0.1) is 0 Å². The monoisotopic (exact) mass is 427 g/mol. The van der Waals surface area contributed by atoms with E-state index in [0.29, 0.717) is 12.4 Å². The number of nitrogens with zero attached hydrogens (tertiary/aromatic N) is 4. The van der Waals surface area contributed by atoms with Gasteiger partial charge in [0.15, 0.2) is 5.16 Å². The molecule has 0 saturated heterocycles. The van der Waals surface area contributed by atoms with Crippen molar-refractivity contribution in [2.45, 2.75) is 74.7 Å². The Kier molecular flexibility index (Phi) is 5.45. The topological polar surface area (TPSA) is 99.0 Å². The summed E-state index contributed by atoms with van der Waals surface area (Å²) in [6.45, 7) is 0. The molecule has 3 aliphatic rings. The van der Waals surface area contributed by atoms with Gasteiger partial charge >= 0.3 is 6.01 Å². The minimum absolute atomic E-state index is 0.0107. The Labute approximate surface area is 178 Å². The zero-order valence-electron chi connectivity index (χ0n) is 16.7. The van der Waals surface area contributed by atoms with E-state index in [-0.39, 0.29) is 29.7 Å². The van der Waals surface area contributed by atoms with Crippen LogP contribution in [0, 0.1) is 0 Å². The average Bonchev–Trinajstić information content (AvgIpc) is 3.38. The van der Waals surface area contributed by atoms with E-state index >= 15 is 0 Å². The van der Waals surface area contributed by atoms with Crippen LogP contribution >= 0.6 is 11.8 Å². The van der Waals surface area contributed by atoms with Crippen molar-refractivity contribution in [2.24, 2.45) is 0 Å².